The molecular formula is C14H19NO3S. The van der Waals surface area contributed by atoms with E-state index in [1.165, 1.54) is 0 Å². The lowest BCUT2D eigenvalue weighted by molar-refractivity contribution is -0.118. The summed E-state index contributed by atoms with van der Waals surface area (Å²) in [6.45, 7) is 3.04. The first-order valence-corrected chi connectivity index (χ1v) is 7.84. The molecule has 0 spiro atoms. The van der Waals surface area contributed by atoms with Gasteiger partial charge in [0.15, 0.2) is 0 Å². The molecule has 5 heteroatoms. The molecule has 19 heavy (non-hydrogen) atoms. The average Bonchev–Trinajstić information content (AvgIpc) is 2.84. The Hall–Kier alpha value is -1.20. The summed E-state index contributed by atoms with van der Waals surface area (Å²) in [6.07, 6.45) is 0.766. The standard InChI is InChI=1S/C14H19NO3S/c1-11-13(7-8-18-11)19(17)10-14(16)15-9-12-5-3-2-4-6-12/h2-6,11,13H,7-10H2,1H3,(H,15,16)/t11-,13-,19-/m0/s1. The highest BCUT2D eigenvalue weighted by molar-refractivity contribution is 7.86. The Morgan fingerprint density at radius 1 is 1.42 bits per heavy atom. The highest BCUT2D eigenvalue weighted by Gasteiger charge is 2.30. The van der Waals surface area contributed by atoms with E-state index in [0.717, 1.165) is 12.0 Å². The van der Waals surface area contributed by atoms with Crippen LogP contribution in [0.2, 0.25) is 0 Å². The van der Waals surface area contributed by atoms with Gasteiger partial charge in [0.05, 0.1) is 11.4 Å². The molecule has 1 fully saturated rings. The number of benzene rings is 1. The van der Waals surface area contributed by atoms with Crippen LogP contribution >= 0.6 is 0 Å². The molecule has 4 nitrogen and oxygen atoms in total. The molecule has 1 heterocycles. The first-order valence-electron chi connectivity index (χ1n) is 6.46. The minimum Gasteiger partial charge on any atom is -0.377 e. The van der Waals surface area contributed by atoms with Crippen molar-refractivity contribution in [3.8, 4) is 0 Å². The molecule has 1 aliphatic rings. The monoisotopic (exact) mass is 281 g/mol. The molecule has 0 radical (unpaired) electrons. The molecule has 104 valence electrons. The Morgan fingerprint density at radius 2 is 2.16 bits per heavy atom. The Balaban J connectivity index is 1.76. The van der Waals surface area contributed by atoms with E-state index in [-0.39, 0.29) is 23.0 Å². The molecule has 0 saturated carbocycles. The van der Waals surface area contributed by atoms with Gasteiger partial charge in [0, 0.05) is 24.0 Å². The third-order valence-electron chi connectivity index (χ3n) is 3.25. The number of hydrogen-bond acceptors (Lipinski definition) is 3. The van der Waals surface area contributed by atoms with Gasteiger partial charge in [-0.05, 0) is 18.9 Å². The minimum absolute atomic E-state index is 0.0113. The maximum absolute atomic E-state index is 12.0. The lowest BCUT2D eigenvalue weighted by Gasteiger charge is -2.13. The molecule has 1 aliphatic heterocycles. The predicted molar refractivity (Wildman–Crippen MR) is 75.1 cm³/mol. The molecule has 0 aliphatic carbocycles. The van der Waals surface area contributed by atoms with Gasteiger partial charge in [0.2, 0.25) is 5.91 Å². The van der Waals surface area contributed by atoms with Crippen molar-refractivity contribution >= 4 is 16.7 Å². The second kappa shape index (κ2) is 6.82. The van der Waals surface area contributed by atoms with Crippen molar-refractivity contribution in [3.05, 3.63) is 35.9 Å². The van der Waals surface area contributed by atoms with Crippen molar-refractivity contribution in [2.45, 2.75) is 31.2 Å². The number of carbonyl (C=O) groups is 1. The predicted octanol–water partition coefficient (Wildman–Crippen LogP) is 1.23. The smallest absolute Gasteiger partial charge is 0.232 e. The van der Waals surface area contributed by atoms with E-state index in [9.17, 15) is 9.00 Å². The highest BCUT2D eigenvalue weighted by Crippen LogP contribution is 2.18. The molecule has 2 rings (SSSR count). The lowest BCUT2D eigenvalue weighted by Crippen LogP contribution is -2.33. The average molecular weight is 281 g/mol. The summed E-state index contributed by atoms with van der Waals surface area (Å²) in [5.41, 5.74) is 1.04. The quantitative estimate of drug-likeness (QED) is 0.883. The van der Waals surface area contributed by atoms with E-state index in [0.29, 0.717) is 13.2 Å². The van der Waals surface area contributed by atoms with Gasteiger partial charge in [-0.1, -0.05) is 30.3 Å². The topological polar surface area (TPSA) is 55.4 Å². The lowest BCUT2D eigenvalue weighted by atomic mass is 10.2. The van der Waals surface area contributed by atoms with Crippen LogP contribution < -0.4 is 5.32 Å². The van der Waals surface area contributed by atoms with Gasteiger partial charge in [0.1, 0.15) is 5.75 Å². The molecule has 0 bridgehead atoms. The third kappa shape index (κ3) is 4.14. The molecule has 1 N–H and O–H groups in total. The number of carbonyl (C=O) groups excluding carboxylic acids is 1. The van der Waals surface area contributed by atoms with Gasteiger partial charge in [-0.25, -0.2) is 0 Å². The summed E-state index contributed by atoms with van der Waals surface area (Å²) >= 11 is 0. The Morgan fingerprint density at radius 3 is 2.79 bits per heavy atom. The SMILES string of the molecule is C[C@@H]1OCC[C@@H]1[S@@](=O)CC(=O)NCc1ccccc1. The highest BCUT2D eigenvalue weighted by atomic mass is 32.2. The van der Waals surface area contributed by atoms with Gasteiger partial charge in [-0.3, -0.25) is 9.00 Å². The number of amides is 1. The van der Waals surface area contributed by atoms with Gasteiger partial charge >= 0.3 is 0 Å². The third-order valence-corrected chi connectivity index (χ3v) is 5.09. The molecule has 1 aromatic rings. The fraction of sp³-hybridized carbons (Fsp3) is 0.500. The number of hydrogen-bond donors (Lipinski definition) is 1. The van der Waals surface area contributed by atoms with Crippen LogP contribution in [0, 0.1) is 0 Å². The van der Waals surface area contributed by atoms with Crippen molar-refractivity contribution in [3.63, 3.8) is 0 Å². The van der Waals surface area contributed by atoms with Crippen molar-refractivity contribution < 1.29 is 13.7 Å². The zero-order valence-electron chi connectivity index (χ0n) is 11.0. The van der Waals surface area contributed by atoms with Crippen LogP contribution in [0.15, 0.2) is 30.3 Å². The van der Waals surface area contributed by atoms with Crippen LogP contribution in [-0.2, 0) is 26.9 Å². The summed E-state index contributed by atoms with van der Waals surface area (Å²) in [5, 5.41) is 2.78. The fourth-order valence-electron chi connectivity index (χ4n) is 2.14. The minimum atomic E-state index is -1.15. The molecule has 0 aromatic heterocycles. The fourth-order valence-corrected chi connectivity index (χ4v) is 3.58. The second-order valence-corrected chi connectivity index (χ2v) is 6.35. The van der Waals surface area contributed by atoms with Gasteiger partial charge < -0.3 is 10.1 Å². The normalized spacial score (nSPS) is 24.1. The summed E-state index contributed by atoms with van der Waals surface area (Å²) in [4.78, 5) is 11.7. The number of ether oxygens (including phenoxy) is 1. The van der Waals surface area contributed by atoms with Crippen LogP contribution in [-0.4, -0.2) is 33.8 Å². The van der Waals surface area contributed by atoms with Crippen LogP contribution in [0.25, 0.3) is 0 Å². The van der Waals surface area contributed by atoms with Crippen molar-refractivity contribution in [2.24, 2.45) is 0 Å². The van der Waals surface area contributed by atoms with E-state index >= 15 is 0 Å². The van der Waals surface area contributed by atoms with Gasteiger partial charge in [0.25, 0.3) is 0 Å². The first kappa shape index (κ1) is 14.2. The Bertz CT molecular complexity index is 449. The maximum atomic E-state index is 12.0. The summed E-state index contributed by atoms with van der Waals surface area (Å²) < 4.78 is 17.4. The number of rotatable bonds is 5. The molecule has 1 aromatic carbocycles. The summed E-state index contributed by atoms with van der Waals surface area (Å²) in [7, 11) is -1.15. The van der Waals surface area contributed by atoms with E-state index in [1.807, 2.05) is 37.3 Å². The molecule has 3 atom stereocenters. The Labute approximate surface area is 116 Å². The van der Waals surface area contributed by atoms with E-state index in [2.05, 4.69) is 5.32 Å². The van der Waals surface area contributed by atoms with Crippen molar-refractivity contribution in [1.29, 1.82) is 0 Å². The molecule has 1 amide bonds. The van der Waals surface area contributed by atoms with E-state index < -0.39 is 10.8 Å². The number of nitrogens with one attached hydrogen (secondary N) is 1. The molecule has 1 saturated heterocycles. The van der Waals surface area contributed by atoms with Crippen LogP contribution in [0.5, 0.6) is 0 Å². The second-order valence-electron chi connectivity index (χ2n) is 4.69. The van der Waals surface area contributed by atoms with Crippen molar-refractivity contribution in [2.75, 3.05) is 12.4 Å². The Kier molecular flexibility index (Phi) is 5.10. The summed E-state index contributed by atoms with van der Waals surface area (Å²) in [5.74, 6) is -0.105. The van der Waals surface area contributed by atoms with Gasteiger partial charge in [-0.15, -0.1) is 0 Å². The van der Waals surface area contributed by atoms with Crippen LogP contribution in [0.4, 0.5) is 0 Å². The van der Waals surface area contributed by atoms with E-state index in [4.69, 9.17) is 4.74 Å². The zero-order valence-corrected chi connectivity index (χ0v) is 11.8. The zero-order chi connectivity index (χ0) is 13.7. The first-order chi connectivity index (χ1) is 9.16. The summed E-state index contributed by atoms with van der Waals surface area (Å²) in [6, 6.07) is 9.69. The molecular weight excluding hydrogens is 262 g/mol. The van der Waals surface area contributed by atoms with E-state index in [1.54, 1.807) is 0 Å². The maximum Gasteiger partial charge on any atom is 0.232 e. The van der Waals surface area contributed by atoms with Crippen LogP contribution in [0.1, 0.15) is 18.9 Å². The van der Waals surface area contributed by atoms with Gasteiger partial charge in [-0.2, -0.15) is 0 Å². The largest absolute Gasteiger partial charge is 0.377 e. The molecule has 0 unspecified atom stereocenters. The van der Waals surface area contributed by atoms with Crippen molar-refractivity contribution in [1.82, 2.24) is 5.32 Å². The van der Waals surface area contributed by atoms with Crippen LogP contribution in [0.3, 0.4) is 0 Å².